The van der Waals surface area contributed by atoms with Gasteiger partial charge in [-0.2, -0.15) is 11.8 Å². The number of nitrogens with two attached hydrogens (primary N) is 1. The van der Waals surface area contributed by atoms with Crippen LogP contribution < -0.4 is 21.7 Å². The van der Waals surface area contributed by atoms with Gasteiger partial charge in [0.15, 0.2) is 0 Å². The van der Waals surface area contributed by atoms with Gasteiger partial charge in [-0.1, -0.05) is 12.1 Å². The summed E-state index contributed by atoms with van der Waals surface area (Å²) in [5.74, 6) is -2.24. The Hall–Kier alpha value is -2.79. The molecule has 0 heterocycles. The second kappa shape index (κ2) is 12.8. The van der Waals surface area contributed by atoms with E-state index in [1.807, 2.05) is 6.26 Å². The van der Waals surface area contributed by atoms with Gasteiger partial charge in [-0.25, -0.2) is 0 Å². The average molecular weight is 455 g/mol. The van der Waals surface area contributed by atoms with Crippen molar-refractivity contribution in [1.29, 1.82) is 0 Å². The lowest BCUT2D eigenvalue weighted by molar-refractivity contribution is -0.141. The maximum Gasteiger partial charge on any atom is 0.325 e. The molecule has 1 aromatic carbocycles. The molecule has 0 spiro atoms. The number of aliphatic carboxylic acids is 1. The summed E-state index contributed by atoms with van der Waals surface area (Å²) in [6, 6.07) is 2.38. The lowest BCUT2D eigenvalue weighted by atomic mass is 10.0. The zero-order valence-electron chi connectivity index (χ0n) is 17.8. The van der Waals surface area contributed by atoms with Gasteiger partial charge in [0.25, 0.3) is 0 Å². The van der Waals surface area contributed by atoms with Crippen LogP contribution in [0.1, 0.15) is 25.8 Å². The Morgan fingerprint density at radius 3 is 2.10 bits per heavy atom. The summed E-state index contributed by atoms with van der Waals surface area (Å²) in [6.07, 6.45) is 2.40. The first-order valence-electron chi connectivity index (χ1n) is 9.71. The topological polar surface area (TPSA) is 171 Å². The normalized spacial score (nSPS) is 14.6. The molecular formula is C20H30N4O6S. The summed E-state index contributed by atoms with van der Waals surface area (Å²) < 4.78 is 0. The van der Waals surface area contributed by atoms with Crippen molar-refractivity contribution in [3.05, 3.63) is 29.8 Å². The number of phenolic OH excluding ortho intramolecular Hbond substituents is 1. The number of hydrogen-bond donors (Lipinski definition) is 6. The lowest BCUT2D eigenvalue weighted by Gasteiger charge is -2.23. The van der Waals surface area contributed by atoms with E-state index in [0.717, 1.165) is 5.56 Å². The number of rotatable bonds is 12. The molecule has 1 rings (SSSR count). The van der Waals surface area contributed by atoms with Crippen LogP contribution in [0.25, 0.3) is 0 Å². The minimum atomic E-state index is -1.19. The van der Waals surface area contributed by atoms with Gasteiger partial charge in [0.2, 0.25) is 17.7 Å². The van der Waals surface area contributed by atoms with E-state index in [-0.39, 0.29) is 12.2 Å². The fourth-order valence-electron chi connectivity index (χ4n) is 2.54. The highest BCUT2D eigenvalue weighted by Gasteiger charge is 2.27. The number of carboxylic acids is 1. The standard InChI is InChI=1S/C20H30N4O6S/c1-11(17(26)23-12(2)20(29)30)22-19(28)16(8-9-31-3)24-18(27)15(21)10-13-4-6-14(25)7-5-13/h4-7,11-12,15-16,25H,8-10,21H2,1-3H3,(H,22,28)(H,23,26)(H,24,27)(H,29,30). The molecular weight excluding hydrogens is 424 g/mol. The molecule has 0 aliphatic carbocycles. The molecule has 3 amide bonds. The number of amides is 3. The third kappa shape index (κ3) is 9.26. The predicted octanol–water partition coefficient (Wildman–Crippen LogP) is -0.406. The molecule has 11 heteroatoms. The summed E-state index contributed by atoms with van der Waals surface area (Å²) in [5.41, 5.74) is 6.72. The number of hydrogen-bond acceptors (Lipinski definition) is 7. The Balaban J connectivity index is 2.71. The lowest BCUT2D eigenvalue weighted by Crippen LogP contribution is -2.56. The molecule has 31 heavy (non-hydrogen) atoms. The van der Waals surface area contributed by atoms with Gasteiger partial charge in [0.05, 0.1) is 6.04 Å². The van der Waals surface area contributed by atoms with E-state index in [1.165, 1.54) is 37.7 Å². The smallest absolute Gasteiger partial charge is 0.325 e. The van der Waals surface area contributed by atoms with Gasteiger partial charge in [0.1, 0.15) is 23.9 Å². The molecule has 0 fully saturated rings. The Bertz CT molecular complexity index is 773. The van der Waals surface area contributed by atoms with E-state index in [9.17, 15) is 24.3 Å². The molecule has 10 nitrogen and oxygen atoms in total. The number of phenols is 1. The van der Waals surface area contributed by atoms with Crippen molar-refractivity contribution in [2.45, 2.75) is 50.9 Å². The fourth-order valence-corrected chi connectivity index (χ4v) is 3.01. The first-order chi connectivity index (χ1) is 14.5. The summed E-state index contributed by atoms with van der Waals surface area (Å²) in [4.78, 5) is 48.1. The molecule has 0 radical (unpaired) electrons. The Labute approximate surface area is 185 Å². The molecule has 4 atom stereocenters. The van der Waals surface area contributed by atoms with E-state index < -0.39 is 47.9 Å². The maximum atomic E-state index is 12.6. The number of benzene rings is 1. The molecule has 1 aromatic rings. The van der Waals surface area contributed by atoms with Gasteiger partial charge in [0, 0.05) is 0 Å². The van der Waals surface area contributed by atoms with E-state index in [1.54, 1.807) is 12.1 Å². The minimum absolute atomic E-state index is 0.103. The van der Waals surface area contributed by atoms with E-state index in [4.69, 9.17) is 10.8 Å². The number of aromatic hydroxyl groups is 1. The zero-order valence-corrected chi connectivity index (χ0v) is 18.6. The molecule has 0 saturated carbocycles. The molecule has 0 saturated heterocycles. The van der Waals surface area contributed by atoms with Crippen molar-refractivity contribution in [3.8, 4) is 5.75 Å². The van der Waals surface area contributed by atoms with Crippen molar-refractivity contribution in [2.75, 3.05) is 12.0 Å². The number of carboxylic acid groups (broad SMARTS) is 1. The highest BCUT2D eigenvalue weighted by Crippen LogP contribution is 2.11. The van der Waals surface area contributed by atoms with Crippen LogP contribution in [0.15, 0.2) is 24.3 Å². The van der Waals surface area contributed by atoms with Gasteiger partial charge < -0.3 is 31.9 Å². The SMILES string of the molecule is CSCCC(NC(=O)C(N)Cc1ccc(O)cc1)C(=O)NC(C)C(=O)NC(C)C(=O)O. The zero-order chi connectivity index (χ0) is 23.6. The third-order valence-electron chi connectivity index (χ3n) is 4.45. The number of thioether (sulfide) groups is 1. The van der Waals surface area contributed by atoms with Crippen LogP contribution >= 0.6 is 11.8 Å². The second-order valence-corrected chi connectivity index (χ2v) is 8.10. The molecule has 172 valence electrons. The number of nitrogens with one attached hydrogen (secondary N) is 3. The highest BCUT2D eigenvalue weighted by atomic mass is 32.2. The Morgan fingerprint density at radius 1 is 0.968 bits per heavy atom. The van der Waals surface area contributed by atoms with Crippen LogP contribution in [-0.4, -0.2) is 70.1 Å². The maximum absolute atomic E-state index is 12.6. The van der Waals surface area contributed by atoms with Crippen molar-refractivity contribution in [2.24, 2.45) is 5.73 Å². The Morgan fingerprint density at radius 2 is 1.55 bits per heavy atom. The van der Waals surface area contributed by atoms with E-state index in [0.29, 0.717) is 12.2 Å². The second-order valence-electron chi connectivity index (χ2n) is 7.12. The summed E-state index contributed by atoms with van der Waals surface area (Å²) >= 11 is 1.49. The predicted molar refractivity (Wildman–Crippen MR) is 118 cm³/mol. The largest absolute Gasteiger partial charge is 0.508 e. The number of carbonyl (C=O) groups excluding carboxylic acids is 3. The van der Waals surface area contributed by atoms with Gasteiger partial charge in [-0.3, -0.25) is 19.2 Å². The van der Waals surface area contributed by atoms with Gasteiger partial charge >= 0.3 is 5.97 Å². The van der Waals surface area contributed by atoms with Crippen molar-refractivity contribution in [3.63, 3.8) is 0 Å². The Kier molecular flexibility index (Phi) is 10.8. The molecule has 0 aromatic heterocycles. The van der Waals surface area contributed by atoms with Crippen molar-refractivity contribution < 1.29 is 29.4 Å². The number of carbonyl (C=O) groups is 4. The van der Waals surface area contributed by atoms with Gasteiger partial charge in [-0.15, -0.1) is 0 Å². The summed E-state index contributed by atoms with van der Waals surface area (Å²) in [7, 11) is 0. The molecule has 0 aliphatic rings. The molecule has 0 aliphatic heterocycles. The summed E-state index contributed by atoms with van der Waals surface area (Å²) in [5, 5.41) is 25.6. The first kappa shape index (κ1) is 26.2. The molecule has 0 bridgehead atoms. The van der Waals surface area contributed by atoms with E-state index >= 15 is 0 Å². The first-order valence-corrected chi connectivity index (χ1v) is 11.1. The summed E-state index contributed by atoms with van der Waals surface area (Å²) in [6.45, 7) is 2.73. The minimum Gasteiger partial charge on any atom is -0.508 e. The van der Waals surface area contributed by atoms with Gasteiger partial charge in [-0.05, 0) is 56.4 Å². The van der Waals surface area contributed by atoms with Crippen LogP contribution in [0, 0.1) is 0 Å². The van der Waals surface area contributed by atoms with Crippen LogP contribution in [0.5, 0.6) is 5.75 Å². The van der Waals surface area contributed by atoms with Crippen LogP contribution in [0.4, 0.5) is 0 Å². The molecule has 7 N–H and O–H groups in total. The van der Waals surface area contributed by atoms with Crippen LogP contribution in [0.3, 0.4) is 0 Å². The fraction of sp³-hybridized carbons (Fsp3) is 0.500. The van der Waals surface area contributed by atoms with Crippen molar-refractivity contribution in [1.82, 2.24) is 16.0 Å². The van der Waals surface area contributed by atoms with Crippen molar-refractivity contribution >= 4 is 35.5 Å². The third-order valence-corrected chi connectivity index (χ3v) is 5.10. The van der Waals surface area contributed by atoms with E-state index in [2.05, 4.69) is 16.0 Å². The van der Waals surface area contributed by atoms with Crippen LogP contribution in [0.2, 0.25) is 0 Å². The quantitative estimate of drug-likeness (QED) is 0.247. The molecule has 4 unspecified atom stereocenters. The average Bonchev–Trinajstić information content (AvgIpc) is 2.72. The van der Waals surface area contributed by atoms with Crippen LogP contribution in [-0.2, 0) is 25.6 Å². The monoisotopic (exact) mass is 454 g/mol. The highest BCUT2D eigenvalue weighted by molar-refractivity contribution is 7.98.